The number of amides is 1. The summed E-state index contributed by atoms with van der Waals surface area (Å²) in [6.07, 6.45) is 6.57. The molecule has 0 spiro atoms. The number of imidazole rings is 1. The molecule has 1 amide bonds. The number of nitrogens with zero attached hydrogens (tertiary/aromatic N) is 1. The van der Waals surface area contributed by atoms with Gasteiger partial charge in [-0.1, -0.05) is 5.92 Å². The summed E-state index contributed by atoms with van der Waals surface area (Å²) < 4.78 is 14.8. The van der Waals surface area contributed by atoms with E-state index in [2.05, 4.69) is 16.2 Å². The van der Waals surface area contributed by atoms with Crippen LogP contribution in [-0.2, 0) is 0 Å². The molecule has 0 saturated heterocycles. The van der Waals surface area contributed by atoms with Crippen LogP contribution in [0.5, 0.6) is 0 Å². The molecule has 0 aliphatic carbocycles. The van der Waals surface area contributed by atoms with E-state index in [9.17, 15) is 9.18 Å². The van der Waals surface area contributed by atoms with Crippen LogP contribution in [-0.4, -0.2) is 22.0 Å². The smallest absolute Gasteiger partial charge is 0.270 e. The molecule has 0 atom stereocenters. The van der Waals surface area contributed by atoms with Gasteiger partial charge < -0.3 is 10.3 Å². The van der Waals surface area contributed by atoms with Crippen LogP contribution in [0.1, 0.15) is 10.5 Å². The van der Waals surface area contributed by atoms with Crippen LogP contribution in [0.15, 0.2) is 30.5 Å². The van der Waals surface area contributed by atoms with Gasteiger partial charge in [-0.2, -0.15) is 0 Å². The predicted molar refractivity (Wildman–Crippen MR) is 72.1 cm³/mol. The second kappa shape index (κ2) is 5.50. The van der Waals surface area contributed by atoms with E-state index >= 15 is 0 Å². The van der Waals surface area contributed by atoms with Crippen molar-refractivity contribution in [1.29, 1.82) is 0 Å². The molecule has 2 rings (SSSR count). The zero-order chi connectivity index (χ0) is 13.8. The zero-order valence-corrected chi connectivity index (χ0v) is 10.6. The number of aromatic amines is 1. The number of nitrogens with one attached hydrogen (secondary N) is 2. The van der Waals surface area contributed by atoms with Gasteiger partial charge in [0, 0.05) is 11.9 Å². The fourth-order valence-corrected chi connectivity index (χ4v) is 1.87. The standard InChI is InChI=1S/C13H10FN3OS/c1-2-7-15-12(18)11-8-16-13(19)17(11)10-5-3-9(14)4-6-10/h1,3-6,8H,7H2,(H,15,18)(H,16,19). The van der Waals surface area contributed by atoms with E-state index in [4.69, 9.17) is 18.6 Å². The molecular formula is C13H10FN3OS. The van der Waals surface area contributed by atoms with Crippen LogP contribution >= 0.6 is 12.2 Å². The maximum Gasteiger partial charge on any atom is 0.270 e. The highest BCUT2D eigenvalue weighted by molar-refractivity contribution is 7.71. The van der Waals surface area contributed by atoms with Crippen molar-refractivity contribution >= 4 is 18.1 Å². The molecule has 19 heavy (non-hydrogen) atoms. The minimum Gasteiger partial charge on any atom is -0.340 e. The molecule has 0 bridgehead atoms. The number of terminal acetylenes is 1. The van der Waals surface area contributed by atoms with Gasteiger partial charge in [0.2, 0.25) is 0 Å². The second-order valence-corrected chi connectivity index (χ2v) is 4.06. The Morgan fingerprint density at radius 1 is 1.47 bits per heavy atom. The second-order valence-electron chi connectivity index (χ2n) is 3.68. The lowest BCUT2D eigenvalue weighted by Gasteiger charge is -2.07. The number of hydrogen-bond donors (Lipinski definition) is 2. The highest BCUT2D eigenvalue weighted by atomic mass is 32.1. The molecule has 0 saturated carbocycles. The van der Waals surface area contributed by atoms with Crippen molar-refractivity contribution < 1.29 is 9.18 Å². The Kier molecular flexibility index (Phi) is 3.78. The Bertz CT molecular complexity index is 694. The number of carbonyl (C=O) groups excluding carboxylic acids is 1. The van der Waals surface area contributed by atoms with Gasteiger partial charge in [0.05, 0.1) is 6.54 Å². The Hall–Kier alpha value is -2.39. The van der Waals surface area contributed by atoms with Crippen LogP contribution in [0.25, 0.3) is 5.69 Å². The largest absolute Gasteiger partial charge is 0.340 e. The third kappa shape index (κ3) is 2.72. The van der Waals surface area contributed by atoms with Crippen molar-refractivity contribution in [2.24, 2.45) is 0 Å². The van der Waals surface area contributed by atoms with Gasteiger partial charge in [-0.3, -0.25) is 9.36 Å². The summed E-state index contributed by atoms with van der Waals surface area (Å²) in [5, 5.41) is 2.55. The van der Waals surface area contributed by atoms with Crippen LogP contribution in [0, 0.1) is 22.9 Å². The minimum atomic E-state index is -0.357. The monoisotopic (exact) mass is 275 g/mol. The van der Waals surface area contributed by atoms with Crippen molar-refractivity contribution in [3.05, 3.63) is 46.7 Å². The maximum atomic E-state index is 12.9. The summed E-state index contributed by atoms with van der Waals surface area (Å²) in [6.45, 7) is 0.125. The number of H-pyrrole nitrogens is 1. The number of benzene rings is 1. The Morgan fingerprint density at radius 2 is 2.16 bits per heavy atom. The topological polar surface area (TPSA) is 49.8 Å². The van der Waals surface area contributed by atoms with Gasteiger partial charge >= 0.3 is 0 Å². The Morgan fingerprint density at radius 3 is 2.79 bits per heavy atom. The summed E-state index contributed by atoms with van der Waals surface area (Å²) >= 11 is 5.11. The van der Waals surface area contributed by atoms with Gasteiger partial charge in [0.1, 0.15) is 11.5 Å². The Balaban J connectivity index is 2.44. The van der Waals surface area contributed by atoms with Crippen molar-refractivity contribution in [3.63, 3.8) is 0 Å². The average Bonchev–Trinajstić information content (AvgIpc) is 2.79. The molecule has 1 aromatic carbocycles. The quantitative estimate of drug-likeness (QED) is 0.665. The van der Waals surface area contributed by atoms with Crippen molar-refractivity contribution in [2.75, 3.05) is 6.54 Å². The molecule has 2 aromatic rings. The van der Waals surface area contributed by atoms with Gasteiger partial charge in [0.25, 0.3) is 5.91 Å². The van der Waals surface area contributed by atoms with Crippen LogP contribution in [0.3, 0.4) is 0 Å². The van der Waals surface area contributed by atoms with E-state index in [1.165, 1.54) is 35.0 Å². The van der Waals surface area contributed by atoms with Gasteiger partial charge in [0.15, 0.2) is 4.77 Å². The highest BCUT2D eigenvalue weighted by Gasteiger charge is 2.13. The molecule has 0 aliphatic heterocycles. The number of hydrogen-bond acceptors (Lipinski definition) is 2. The zero-order valence-electron chi connectivity index (χ0n) is 9.81. The number of halogens is 1. The molecule has 96 valence electrons. The summed E-state index contributed by atoms with van der Waals surface area (Å²) in [6, 6.07) is 5.67. The van der Waals surface area contributed by atoms with Crippen molar-refractivity contribution in [1.82, 2.24) is 14.9 Å². The lowest BCUT2D eigenvalue weighted by molar-refractivity contribution is 0.0952. The van der Waals surface area contributed by atoms with Gasteiger partial charge in [-0.15, -0.1) is 6.42 Å². The maximum absolute atomic E-state index is 12.9. The third-order valence-electron chi connectivity index (χ3n) is 2.44. The molecule has 1 heterocycles. The van der Waals surface area contributed by atoms with Gasteiger partial charge in [-0.25, -0.2) is 4.39 Å². The normalized spacial score (nSPS) is 9.89. The summed E-state index contributed by atoms with van der Waals surface area (Å²) in [7, 11) is 0. The first kappa shape index (κ1) is 13.1. The highest BCUT2D eigenvalue weighted by Crippen LogP contribution is 2.13. The minimum absolute atomic E-state index is 0.125. The first-order valence-electron chi connectivity index (χ1n) is 5.41. The molecule has 4 nitrogen and oxygen atoms in total. The summed E-state index contributed by atoms with van der Waals surface area (Å²) in [4.78, 5) is 14.7. The van der Waals surface area contributed by atoms with E-state index in [0.717, 1.165) is 0 Å². The molecule has 1 aromatic heterocycles. The van der Waals surface area contributed by atoms with Crippen molar-refractivity contribution in [3.8, 4) is 18.0 Å². The Labute approximate surface area is 114 Å². The van der Waals surface area contributed by atoms with Crippen LogP contribution < -0.4 is 5.32 Å². The lowest BCUT2D eigenvalue weighted by atomic mass is 10.3. The lowest BCUT2D eigenvalue weighted by Crippen LogP contribution is -2.25. The van der Waals surface area contributed by atoms with Gasteiger partial charge in [-0.05, 0) is 36.5 Å². The van der Waals surface area contributed by atoms with E-state index < -0.39 is 0 Å². The van der Waals surface area contributed by atoms with Crippen LogP contribution in [0.2, 0.25) is 0 Å². The molecule has 2 N–H and O–H groups in total. The molecular weight excluding hydrogens is 265 g/mol. The van der Waals surface area contributed by atoms with E-state index in [0.29, 0.717) is 16.2 Å². The first-order chi connectivity index (χ1) is 9.13. The van der Waals surface area contributed by atoms with Crippen molar-refractivity contribution in [2.45, 2.75) is 0 Å². The molecule has 6 heteroatoms. The fourth-order valence-electron chi connectivity index (χ4n) is 1.60. The first-order valence-corrected chi connectivity index (χ1v) is 5.82. The summed E-state index contributed by atoms with van der Waals surface area (Å²) in [5.41, 5.74) is 0.908. The van der Waals surface area contributed by atoms with Crippen LogP contribution in [0.4, 0.5) is 4.39 Å². The van der Waals surface area contributed by atoms with E-state index in [1.54, 1.807) is 0 Å². The third-order valence-corrected chi connectivity index (χ3v) is 2.75. The molecule has 0 unspecified atom stereocenters. The van der Waals surface area contributed by atoms with E-state index in [1.807, 2.05) is 0 Å². The summed E-state index contributed by atoms with van der Waals surface area (Å²) in [5.74, 6) is 1.61. The van der Waals surface area contributed by atoms with E-state index in [-0.39, 0.29) is 18.3 Å². The average molecular weight is 275 g/mol. The number of rotatable bonds is 3. The number of carbonyl (C=O) groups is 1. The fraction of sp³-hybridized carbons (Fsp3) is 0.0769. The molecule has 0 fully saturated rings. The molecule has 0 radical (unpaired) electrons. The SMILES string of the molecule is C#CCNC(=O)c1c[nH]c(=S)n1-c1ccc(F)cc1. The predicted octanol–water partition coefficient (Wildman–Crippen LogP) is 2.04. The number of aromatic nitrogens is 2. The molecule has 0 aliphatic rings.